The number of hydrogen-bond acceptors (Lipinski definition) is 1. The van der Waals surface area contributed by atoms with Crippen molar-refractivity contribution < 1.29 is 13.2 Å². The Morgan fingerprint density at radius 3 is 2.12 bits per heavy atom. The standard InChI is InChI=1S/C11H19BrF2OSi/c1-10(2,3)16(4,5)15-9-7-6-8-11(12,13)14/h7,9H2,1-5H3. The molecule has 0 aromatic rings. The fourth-order valence-corrected chi connectivity index (χ4v) is 1.92. The lowest BCUT2D eigenvalue weighted by atomic mass is 10.2. The van der Waals surface area contributed by atoms with Crippen LogP contribution in [0.4, 0.5) is 8.78 Å². The zero-order valence-electron chi connectivity index (χ0n) is 10.5. The zero-order chi connectivity index (χ0) is 13.0. The molecule has 5 heteroatoms. The largest absolute Gasteiger partial charge is 0.416 e. The van der Waals surface area contributed by atoms with Crippen LogP contribution in [0.5, 0.6) is 0 Å². The predicted molar refractivity (Wildman–Crippen MR) is 69.4 cm³/mol. The lowest BCUT2D eigenvalue weighted by Gasteiger charge is -2.35. The van der Waals surface area contributed by atoms with E-state index in [9.17, 15) is 8.78 Å². The Kier molecular flexibility index (Phi) is 5.64. The molecule has 0 aliphatic heterocycles. The number of rotatable bonds is 3. The third kappa shape index (κ3) is 6.61. The van der Waals surface area contributed by atoms with Gasteiger partial charge < -0.3 is 4.43 Å². The van der Waals surface area contributed by atoms with Gasteiger partial charge in [0.25, 0.3) is 0 Å². The molecule has 0 unspecified atom stereocenters. The molecule has 0 bridgehead atoms. The van der Waals surface area contributed by atoms with E-state index in [1.165, 1.54) is 0 Å². The van der Waals surface area contributed by atoms with E-state index >= 15 is 0 Å². The Bertz CT molecular complexity index is 281. The molecule has 0 saturated heterocycles. The summed E-state index contributed by atoms with van der Waals surface area (Å²) in [6, 6.07) is 0. The molecule has 16 heavy (non-hydrogen) atoms. The third-order valence-corrected chi connectivity index (χ3v) is 7.46. The quantitative estimate of drug-likeness (QED) is 0.325. The van der Waals surface area contributed by atoms with Crippen LogP contribution in [0.15, 0.2) is 0 Å². The van der Waals surface area contributed by atoms with E-state index in [-0.39, 0.29) is 5.04 Å². The fourth-order valence-electron chi connectivity index (χ4n) is 0.736. The normalized spacial score (nSPS) is 13.2. The van der Waals surface area contributed by atoms with E-state index < -0.39 is 13.1 Å². The zero-order valence-corrected chi connectivity index (χ0v) is 13.0. The van der Waals surface area contributed by atoms with Crippen LogP contribution in [0.3, 0.4) is 0 Å². The van der Waals surface area contributed by atoms with Gasteiger partial charge in [-0.15, -0.1) is 0 Å². The Morgan fingerprint density at radius 2 is 1.75 bits per heavy atom. The van der Waals surface area contributed by atoms with Gasteiger partial charge >= 0.3 is 4.83 Å². The van der Waals surface area contributed by atoms with E-state index in [1.54, 1.807) is 0 Å². The molecule has 0 saturated carbocycles. The Hall–Kier alpha value is 0.0769. The van der Waals surface area contributed by atoms with Gasteiger partial charge in [0.05, 0.1) is 0 Å². The summed E-state index contributed by atoms with van der Waals surface area (Å²) in [6.45, 7) is 11.1. The fraction of sp³-hybridized carbons (Fsp3) is 0.818. The second kappa shape index (κ2) is 5.61. The van der Waals surface area contributed by atoms with Crippen LogP contribution >= 0.6 is 15.9 Å². The molecule has 0 aliphatic rings. The maximum Gasteiger partial charge on any atom is 0.363 e. The summed E-state index contributed by atoms with van der Waals surface area (Å²) in [6.07, 6.45) is 0.341. The van der Waals surface area contributed by atoms with E-state index in [0.717, 1.165) is 0 Å². The molecule has 0 aromatic carbocycles. The molecule has 0 N–H and O–H groups in total. The first-order valence-electron chi connectivity index (χ1n) is 5.16. The summed E-state index contributed by atoms with van der Waals surface area (Å²) in [7, 11) is -1.77. The third-order valence-electron chi connectivity index (χ3n) is 2.73. The summed E-state index contributed by atoms with van der Waals surface area (Å²) >= 11 is 2.16. The van der Waals surface area contributed by atoms with Gasteiger partial charge in [0.2, 0.25) is 0 Å². The molecule has 0 spiro atoms. The highest BCUT2D eigenvalue weighted by Gasteiger charge is 2.36. The van der Waals surface area contributed by atoms with Gasteiger partial charge in [-0.3, -0.25) is 0 Å². The summed E-state index contributed by atoms with van der Waals surface area (Å²) in [5.74, 6) is 4.22. The monoisotopic (exact) mass is 312 g/mol. The molecule has 94 valence electrons. The summed E-state index contributed by atoms with van der Waals surface area (Å²) in [4.78, 5) is -3.08. The van der Waals surface area contributed by atoms with Crippen LogP contribution in [0.2, 0.25) is 18.1 Å². The molecular formula is C11H19BrF2OSi. The van der Waals surface area contributed by atoms with Gasteiger partial charge in [0.15, 0.2) is 8.32 Å². The first-order valence-corrected chi connectivity index (χ1v) is 8.86. The molecule has 0 rings (SSSR count). The smallest absolute Gasteiger partial charge is 0.363 e. The maximum atomic E-state index is 12.3. The average molecular weight is 313 g/mol. The van der Waals surface area contributed by atoms with Crippen molar-refractivity contribution in [3.05, 3.63) is 0 Å². The van der Waals surface area contributed by atoms with Crippen LogP contribution < -0.4 is 0 Å². The van der Waals surface area contributed by atoms with Crippen molar-refractivity contribution in [1.29, 1.82) is 0 Å². The minimum Gasteiger partial charge on any atom is -0.416 e. The molecule has 0 amide bonds. The second-order valence-electron chi connectivity index (χ2n) is 5.16. The van der Waals surface area contributed by atoms with Gasteiger partial charge in [-0.05, 0) is 24.1 Å². The number of alkyl halides is 3. The van der Waals surface area contributed by atoms with Gasteiger partial charge in [-0.25, -0.2) is 0 Å². The van der Waals surface area contributed by atoms with E-state index in [0.29, 0.717) is 13.0 Å². The van der Waals surface area contributed by atoms with Crippen molar-refractivity contribution in [2.24, 2.45) is 0 Å². The number of halogens is 3. The Morgan fingerprint density at radius 1 is 1.25 bits per heavy atom. The highest BCUT2D eigenvalue weighted by molar-refractivity contribution is 9.10. The lowest BCUT2D eigenvalue weighted by Crippen LogP contribution is -2.40. The summed E-state index contributed by atoms with van der Waals surface area (Å²) in [5.41, 5.74) is 0. The van der Waals surface area contributed by atoms with Crippen LogP contribution in [0.25, 0.3) is 0 Å². The molecular weight excluding hydrogens is 294 g/mol. The van der Waals surface area contributed by atoms with Crippen molar-refractivity contribution in [3.63, 3.8) is 0 Å². The predicted octanol–water partition coefficient (Wildman–Crippen LogP) is 4.39. The Labute approximate surface area is 106 Å². The molecule has 0 aromatic heterocycles. The average Bonchev–Trinajstić information content (AvgIpc) is 1.98. The van der Waals surface area contributed by atoms with Gasteiger partial charge in [0, 0.05) is 29.0 Å². The van der Waals surface area contributed by atoms with E-state index in [2.05, 4.69) is 55.7 Å². The molecule has 0 radical (unpaired) electrons. The van der Waals surface area contributed by atoms with Gasteiger partial charge in [0.1, 0.15) is 0 Å². The van der Waals surface area contributed by atoms with Crippen molar-refractivity contribution in [2.75, 3.05) is 6.61 Å². The topological polar surface area (TPSA) is 9.23 Å². The Balaban J connectivity index is 4.05. The van der Waals surface area contributed by atoms with Crippen molar-refractivity contribution in [2.45, 2.75) is 50.2 Å². The van der Waals surface area contributed by atoms with Gasteiger partial charge in [-0.1, -0.05) is 26.7 Å². The van der Waals surface area contributed by atoms with Crippen LogP contribution in [0.1, 0.15) is 27.2 Å². The van der Waals surface area contributed by atoms with E-state index in [1.807, 2.05) is 5.92 Å². The van der Waals surface area contributed by atoms with E-state index in [4.69, 9.17) is 4.43 Å². The summed E-state index contributed by atoms with van der Waals surface area (Å²) in [5, 5.41) is 0.139. The first kappa shape index (κ1) is 16.1. The first-order chi connectivity index (χ1) is 6.96. The molecule has 0 heterocycles. The second-order valence-corrected chi connectivity index (χ2v) is 11.0. The van der Waals surface area contributed by atoms with Crippen molar-refractivity contribution in [3.8, 4) is 11.8 Å². The highest BCUT2D eigenvalue weighted by Crippen LogP contribution is 2.36. The number of hydrogen-bond donors (Lipinski definition) is 0. The van der Waals surface area contributed by atoms with Crippen LogP contribution in [-0.2, 0) is 4.43 Å². The van der Waals surface area contributed by atoms with Crippen molar-refractivity contribution >= 4 is 24.2 Å². The highest BCUT2D eigenvalue weighted by atomic mass is 79.9. The molecule has 0 aliphatic carbocycles. The van der Waals surface area contributed by atoms with Crippen molar-refractivity contribution in [1.82, 2.24) is 0 Å². The SMILES string of the molecule is CC(C)(C)[Si](C)(C)OCCC#CC(F)(F)Br. The summed E-state index contributed by atoms with van der Waals surface area (Å²) < 4.78 is 30.4. The van der Waals surface area contributed by atoms with Crippen LogP contribution in [0, 0.1) is 11.8 Å². The van der Waals surface area contributed by atoms with Crippen LogP contribution in [-0.4, -0.2) is 19.8 Å². The minimum atomic E-state index is -3.08. The lowest BCUT2D eigenvalue weighted by molar-refractivity contribution is 0.182. The minimum absolute atomic E-state index is 0.139. The van der Waals surface area contributed by atoms with Gasteiger partial charge in [-0.2, -0.15) is 8.78 Å². The molecule has 0 atom stereocenters. The molecule has 1 nitrogen and oxygen atoms in total. The molecule has 0 fully saturated rings. The maximum absolute atomic E-state index is 12.3.